The van der Waals surface area contributed by atoms with E-state index < -0.39 is 6.03 Å². The molecule has 0 saturated heterocycles. The lowest BCUT2D eigenvalue weighted by atomic mass is 9.92. The first-order valence-corrected chi connectivity index (χ1v) is 15.4. The Hall–Kier alpha value is -4.55. The van der Waals surface area contributed by atoms with Gasteiger partial charge in [0.2, 0.25) is 5.75 Å². The molecule has 0 fully saturated rings. The Morgan fingerprint density at radius 1 is 1.11 bits per heavy atom. The summed E-state index contributed by atoms with van der Waals surface area (Å²) < 4.78 is 13.4. The number of hydrogen-bond acceptors (Lipinski definition) is 8. The number of nitrogens with zero attached hydrogens (tertiary/aromatic N) is 4. The topological polar surface area (TPSA) is 123 Å². The van der Waals surface area contributed by atoms with Gasteiger partial charge in [-0.3, -0.25) is 10.1 Å². The van der Waals surface area contributed by atoms with Gasteiger partial charge in [-0.2, -0.15) is 5.10 Å². The second kappa shape index (κ2) is 13.0. The summed E-state index contributed by atoms with van der Waals surface area (Å²) >= 11 is 1.47. The Balaban J connectivity index is 1.33. The van der Waals surface area contributed by atoms with Crippen molar-refractivity contribution in [1.82, 2.24) is 19.7 Å². The molecule has 0 unspecified atom stereocenters. The minimum absolute atomic E-state index is 0.110. The van der Waals surface area contributed by atoms with Crippen molar-refractivity contribution in [3.63, 3.8) is 0 Å². The molecule has 3 heterocycles. The average Bonchev–Trinajstić information content (AvgIpc) is 3.41. The second-order valence-corrected chi connectivity index (χ2v) is 12.5. The number of anilines is 3. The number of amides is 3. The van der Waals surface area contributed by atoms with E-state index in [1.807, 2.05) is 30.5 Å². The normalized spacial score (nSPS) is 12.8. The number of rotatable bonds is 9. The molecule has 11 nitrogen and oxygen atoms in total. The third kappa shape index (κ3) is 7.32. The average molecular weight is 616 g/mol. The van der Waals surface area contributed by atoms with E-state index in [2.05, 4.69) is 72.8 Å². The predicted octanol–water partition coefficient (Wildman–Crippen LogP) is 6.16. The lowest BCUT2D eigenvalue weighted by Gasteiger charge is -2.19. The molecular weight excluding hydrogens is 578 g/mol. The molecule has 44 heavy (non-hydrogen) atoms. The van der Waals surface area contributed by atoms with E-state index in [0.717, 1.165) is 29.2 Å². The van der Waals surface area contributed by atoms with E-state index in [0.29, 0.717) is 34.6 Å². The minimum Gasteiger partial charge on any atom is -0.476 e. The third-order valence-electron chi connectivity index (χ3n) is 6.87. The first kappa shape index (κ1) is 30.9. The van der Waals surface area contributed by atoms with Crippen LogP contribution in [0.5, 0.6) is 17.2 Å². The SMILES string of the molecule is CSc1cc(Oc2ccnc3c2OCC(=O)N3)ccc1NC(=O)Nc1cc(C(C)(C)C)nn1-c1ccc(CCN(C)C)cc1. The largest absolute Gasteiger partial charge is 0.476 e. The molecule has 0 atom stereocenters. The van der Waals surface area contributed by atoms with Crippen LogP contribution in [0.2, 0.25) is 0 Å². The number of pyridine rings is 1. The smallest absolute Gasteiger partial charge is 0.324 e. The summed E-state index contributed by atoms with van der Waals surface area (Å²) in [5.74, 6) is 1.94. The molecule has 3 N–H and O–H groups in total. The summed E-state index contributed by atoms with van der Waals surface area (Å²) in [5, 5.41) is 13.5. The summed E-state index contributed by atoms with van der Waals surface area (Å²) in [6, 6.07) is 16.8. The van der Waals surface area contributed by atoms with Crippen LogP contribution in [-0.4, -0.2) is 65.1 Å². The lowest BCUT2D eigenvalue weighted by Crippen LogP contribution is -2.26. The summed E-state index contributed by atoms with van der Waals surface area (Å²) in [7, 11) is 4.12. The number of fused-ring (bicyclic) bond motifs is 1. The van der Waals surface area contributed by atoms with Gasteiger partial charge in [0.1, 0.15) is 11.6 Å². The van der Waals surface area contributed by atoms with Crippen molar-refractivity contribution in [2.45, 2.75) is 37.5 Å². The van der Waals surface area contributed by atoms with Gasteiger partial charge in [0.05, 0.1) is 17.1 Å². The Labute approximate surface area is 261 Å². The van der Waals surface area contributed by atoms with Gasteiger partial charge in [0.25, 0.3) is 5.91 Å². The number of hydrogen-bond donors (Lipinski definition) is 3. The molecule has 0 radical (unpaired) electrons. The van der Waals surface area contributed by atoms with E-state index >= 15 is 0 Å². The Kier molecular flexibility index (Phi) is 9.12. The van der Waals surface area contributed by atoms with Gasteiger partial charge in [0.15, 0.2) is 18.2 Å². The van der Waals surface area contributed by atoms with Gasteiger partial charge in [0, 0.05) is 35.2 Å². The molecular formula is C32H37N7O4S. The van der Waals surface area contributed by atoms with Crippen molar-refractivity contribution in [3.05, 3.63) is 72.1 Å². The number of likely N-dealkylation sites (N-methyl/N-ethyl adjacent to an activating group) is 1. The quantitative estimate of drug-likeness (QED) is 0.192. The van der Waals surface area contributed by atoms with Crippen LogP contribution in [-0.2, 0) is 16.6 Å². The molecule has 2 aromatic heterocycles. The summed E-state index contributed by atoms with van der Waals surface area (Å²) in [6.07, 6.45) is 4.40. The van der Waals surface area contributed by atoms with Crippen molar-refractivity contribution in [1.29, 1.82) is 0 Å². The maximum Gasteiger partial charge on any atom is 0.324 e. The lowest BCUT2D eigenvalue weighted by molar-refractivity contribution is -0.118. The highest BCUT2D eigenvalue weighted by Crippen LogP contribution is 2.39. The number of carbonyl (C=O) groups excluding carboxylic acids is 2. The van der Waals surface area contributed by atoms with Crippen LogP contribution >= 0.6 is 11.8 Å². The second-order valence-electron chi connectivity index (χ2n) is 11.7. The zero-order chi connectivity index (χ0) is 31.4. The van der Waals surface area contributed by atoms with Crippen molar-refractivity contribution in [2.24, 2.45) is 0 Å². The van der Waals surface area contributed by atoms with Gasteiger partial charge < -0.3 is 25.0 Å². The molecule has 0 aliphatic carbocycles. The molecule has 5 rings (SSSR count). The van der Waals surface area contributed by atoms with E-state index in [1.165, 1.54) is 23.5 Å². The molecule has 0 bridgehead atoms. The number of nitrogens with one attached hydrogen (secondary N) is 3. The van der Waals surface area contributed by atoms with Crippen LogP contribution < -0.4 is 25.4 Å². The molecule has 230 valence electrons. The summed E-state index contributed by atoms with van der Waals surface area (Å²) in [4.78, 5) is 32.0. The maximum atomic E-state index is 13.3. The van der Waals surface area contributed by atoms with Gasteiger partial charge in [-0.25, -0.2) is 14.5 Å². The van der Waals surface area contributed by atoms with E-state index in [4.69, 9.17) is 14.6 Å². The molecule has 0 saturated carbocycles. The number of thioether (sulfide) groups is 1. The number of carbonyl (C=O) groups is 2. The zero-order valence-corrected chi connectivity index (χ0v) is 26.5. The van der Waals surface area contributed by atoms with Crippen LogP contribution in [0.1, 0.15) is 32.0 Å². The van der Waals surface area contributed by atoms with Crippen LogP contribution in [0.4, 0.5) is 22.1 Å². The summed E-state index contributed by atoms with van der Waals surface area (Å²) in [5.41, 5.74) is 3.36. The Morgan fingerprint density at radius 2 is 1.89 bits per heavy atom. The van der Waals surface area contributed by atoms with Crippen molar-refractivity contribution >= 4 is 41.0 Å². The number of ether oxygens (including phenoxy) is 2. The minimum atomic E-state index is -0.398. The molecule has 2 aromatic carbocycles. The molecule has 1 aliphatic rings. The fourth-order valence-electron chi connectivity index (χ4n) is 4.47. The highest BCUT2D eigenvalue weighted by Gasteiger charge is 2.23. The zero-order valence-electron chi connectivity index (χ0n) is 25.7. The molecule has 0 spiro atoms. The summed E-state index contributed by atoms with van der Waals surface area (Å²) in [6.45, 7) is 7.12. The van der Waals surface area contributed by atoms with E-state index in [9.17, 15) is 9.59 Å². The first-order valence-electron chi connectivity index (χ1n) is 14.2. The fraction of sp³-hybridized carbons (Fsp3) is 0.312. The monoisotopic (exact) mass is 615 g/mol. The van der Waals surface area contributed by atoms with Crippen molar-refractivity contribution in [2.75, 3.05) is 49.5 Å². The maximum absolute atomic E-state index is 13.3. The van der Waals surface area contributed by atoms with Crippen molar-refractivity contribution < 1.29 is 19.1 Å². The van der Waals surface area contributed by atoms with Crippen LogP contribution in [0.15, 0.2) is 65.7 Å². The number of aromatic nitrogens is 3. The fourth-order valence-corrected chi connectivity index (χ4v) is 5.04. The van der Waals surface area contributed by atoms with Crippen LogP contribution in [0.25, 0.3) is 5.69 Å². The van der Waals surface area contributed by atoms with Crippen LogP contribution in [0, 0.1) is 0 Å². The van der Waals surface area contributed by atoms with Crippen LogP contribution in [0.3, 0.4) is 0 Å². The Bertz CT molecular complexity index is 1660. The standard InChI is InChI=1S/C32H37N7O4S/c1-32(2,3)26-18-27(39(37-26)21-9-7-20(8-10-21)14-16-38(4)5)35-31(41)34-23-12-11-22(17-25(23)44-6)43-24-13-15-33-30-29(24)42-19-28(40)36-30/h7-13,15,17-18H,14,16,19H2,1-6H3,(H,33,36,40)(H2,34,35,41). The third-order valence-corrected chi connectivity index (χ3v) is 7.65. The van der Waals surface area contributed by atoms with Gasteiger partial charge in [-0.15, -0.1) is 11.8 Å². The molecule has 4 aromatic rings. The van der Waals surface area contributed by atoms with Gasteiger partial charge >= 0.3 is 6.03 Å². The number of urea groups is 1. The van der Waals surface area contributed by atoms with E-state index in [-0.39, 0.29) is 17.9 Å². The molecule has 12 heteroatoms. The highest BCUT2D eigenvalue weighted by molar-refractivity contribution is 7.98. The van der Waals surface area contributed by atoms with Gasteiger partial charge in [-0.05, 0) is 62.7 Å². The van der Waals surface area contributed by atoms with Gasteiger partial charge in [-0.1, -0.05) is 32.9 Å². The molecule has 3 amide bonds. The van der Waals surface area contributed by atoms with Crippen molar-refractivity contribution in [3.8, 4) is 22.9 Å². The predicted molar refractivity (Wildman–Crippen MR) is 174 cm³/mol. The number of benzene rings is 2. The molecule has 1 aliphatic heterocycles. The first-order chi connectivity index (χ1) is 21.0. The Morgan fingerprint density at radius 3 is 2.59 bits per heavy atom. The van der Waals surface area contributed by atoms with E-state index in [1.54, 1.807) is 22.9 Å². The highest BCUT2D eigenvalue weighted by atomic mass is 32.2.